The lowest BCUT2D eigenvalue weighted by molar-refractivity contribution is 0.0959. The molecule has 3 aromatic heterocycles. The normalized spacial score (nSPS) is 15.1. The van der Waals surface area contributed by atoms with Gasteiger partial charge in [0.25, 0.3) is 16.7 Å². The van der Waals surface area contributed by atoms with Crippen molar-refractivity contribution in [3.05, 3.63) is 190 Å². The fraction of sp³-hybridized carbons (Fsp3) is 0.200. The minimum atomic E-state index is -0.287. The summed E-state index contributed by atoms with van der Waals surface area (Å²) in [4.78, 5) is 51.3. The molecule has 2 saturated heterocycles. The summed E-state index contributed by atoms with van der Waals surface area (Å²) < 4.78 is 41.3. The Morgan fingerprint density at radius 2 is 1.08 bits per heavy atom. The zero-order valence-electron chi connectivity index (χ0n) is 34.7. The van der Waals surface area contributed by atoms with E-state index in [1.165, 1.54) is 30.6 Å². The Morgan fingerprint density at radius 1 is 0.615 bits per heavy atom. The Bertz CT molecular complexity index is 3220. The molecule has 328 valence electrons. The van der Waals surface area contributed by atoms with Crippen LogP contribution in [0.3, 0.4) is 0 Å². The first-order valence-corrected chi connectivity index (χ1v) is 22.1. The van der Waals surface area contributed by atoms with Crippen LogP contribution in [-0.4, -0.2) is 54.5 Å². The molecule has 0 amide bonds. The lowest BCUT2D eigenvalue weighted by atomic mass is 10.1. The van der Waals surface area contributed by atoms with Crippen molar-refractivity contribution >= 4 is 64.6 Å². The third kappa shape index (κ3) is 12.8. The van der Waals surface area contributed by atoms with Crippen molar-refractivity contribution in [2.45, 2.75) is 51.0 Å². The zero-order valence-corrected chi connectivity index (χ0v) is 37.9. The molecule has 2 atom stereocenters. The molecule has 0 radical (unpaired) electrons. The van der Waals surface area contributed by atoms with Gasteiger partial charge >= 0.3 is 0 Å². The third-order valence-corrected chi connectivity index (χ3v) is 11.3. The summed E-state index contributed by atoms with van der Waals surface area (Å²) in [5.41, 5.74) is 4.06. The molecule has 5 heterocycles. The van der Waals surface area contributed by atoms with E-state index in [4.69, 9.17) is 15.9 Å². The van der Waals surface area contributed by atoms with Crippen molar-refractivity contribution in [3.63, 3.8) is 0 Å². The number of halogens is 4. The van der Waals surface area contributed by atoms with Gasteiger partial charge in [0.1, 0.15) is 11.6 Å². The number of nitrogens with one attached hydrogen (secondary N) is 1. The van der Waals surface area contributed by atoms with Crippen molar-refractivity contribution in [2.75, 3.05) is 13.2 Å². The first-order valence-electron chi connectivity index (χ1n) is 20.5. The predicted octanol–water partition coefficient (Wildman–Crippen LogP) is 8.95. The van der Waals surface area contributed by atoms with E-state index in [0.29, 0.717) is 45.8 Å². The SMILES string of the molecule is C#Cc1ccc(F)cc1.O=c1[nH]cnc2cc(Br)ccc12.O=c1c2ccc(Br)cc2ncn1CC1CCCO1.O=c1c2ccc(C#Cc3ccc(F)cc3)cc2ncn1CC1CCCO1. The van der Waals surface area contributed by atoms with E-state index in [-0.39, 0.29) is 40.5 Å². The first kappa shape index (κ1) is 46.4. The van der Waals surface area contributed by atoms with Gasteiger partial charge in [0.15, 0.2) is 0 Å². The summed E-state index contributed by atoms with van der Waals surface area (Å²) in [5.74, 6) is 7.85. The molecule has 0 aliphatic carbocycles. The summed E-state index contributed by atoms with van der Waals surface area (Å²) in [6.07, 6.45) is 14.0. The third-order valence-electron chi connectivity index (χ3n) is 10.3. The number of terminal acetylenes is 1. The van der Waals surface area contributed by atoms with E-state index >= 15 is 0 Å². The molecule has 1 N–H and O–H groups in total. The Balaban J connectivity index is 0.000000140. The van der Waals surface area contributed by atoms with Gasteiger partial charge in [-0.25, -0.2) is 23.7 Å². The van der Waals surface area contributed by atoms with Gasteiger partial charge in [-0.15, -0.1) is 6.42 Å². The van der Waals surface area contributed by atoms with Crippen LogP contribution in [0.25, 0.3) is 32.7 Å². The van der Waals surface area contributed by atoms with Crippen LogP contribution in [-0.2, 0) is 22.6 Å². The smallest absolute Gasteiger partial charge is 0.261 e. The van der Waals surface area contributed by atoms with Crippen molar-refractivity contribution < 1.29 is 18.3 Å². The van der Waals surface area contributed by atoms with Gasteiger partial charge in [0.2, 0.25) is 0 Å². The van der Waals surface area contributed by atoms with E-state index in [2.05, 4.69) is 69.6 Å². The van der Waals surface area contributed by atoms with E-state index in [1.54, 1.807) is 76.4 Å². The average molecular weight is 1000 g/mol. The van der Waals surface area contributed by atoms with Crippen LogP contribution < -0.4 is 16.7 Å². The molecule has 11 nitrogen and oxygen atoms in total. The highest BCUT2D eigenvalue weighted by molar-refractivity contribution is 9.10. The molecule has 2 aliphatic rings. The minimum Gasteiger partial charge on any atom is -0.376 e. The molecular formula is C50H40Br2F2N6O5. The van der Waals surface area contributed by atoms with Gasteiger partial charge in [-0.3, -0.25) is 23.5 Å². The molecule has 0 spiro atoms. The Morgan fingerprint density at radius 3 is 1.60 bits per heavy atom. The fourth-order valence-corrected chi connectivity index (χ4v) is 7.61. The zero-order chi connectivity index (χ0) is 45.7. The van der Waals surface area contributed by atoms with Crippen LogP contribution in [0.5, 0.6) is 0 Å². The minimum absolute atomic E-state index is 0.00278. The van der Waals surface area contributed by atoms with Crippen LogP contribution in [0, 0.1) is 35.8 Å². The highest BCUT2D eigenvalue weighted by atomic mass is 79.9. The van der Waals surface area contributed by atoms with Gasteiger partial charge in [-0.2, -0.15) is 0 Å². The molecule has 0 saturated carbocycles. The molecule has 5 aromatic carbocycles. The number of benzene rings is 5. The number of hydrogen-bond acceptors (Lipinski definition) is 8. The largest absolute Gasteiger partial charge is 0.376 e. The fourth-order valence-electron chi connectivity index (χ4n) is 6.91. The molecular weight excluding hydrogens is 962 g/mol. The van der Waals surface area contributed by atoms with Crippen molar-refractivity contribution in [3.8, 4) is 24.2 Å². The summed E-state index contributed by atoms with van der Waals surface area (Å²) in [6.45, 7) is 2.69. The Labute approximate surface area is 388 Å². The van der Waals surface area contributed by atoms with E-state index in [9.17, 15) is 23.2 Å². The topological polar surface area (TPSA) is 134 Å². The molecule has 2 fully saturated rings. The maximum absolute atomic E-state index is 12.9. The molecule has 8 aromatic rings. The predicted molar refractivity (Wildman–Crippen MR) is 254 cm³/mol. The maximum atomic E-state index is 12.9. The van der Waals surface area contributed by atoms with Crippen molar-refractivity contribution in [1.29, 1.82) is 0 Å². The molecule has 2 unspecified atom stereocenters. The van der Waals surface area contributed by atoms with Gasteiger partial charge in [-0.05, 0) is 129 Å². The number of aromatic nitrogens is 6. The highest BCUT2D eigenvalue weighted by Gasteiger charge is 2.18. The van der Waals surface area contributed by atoms with Crippen molar-refractivity contribution in [2.24, 2.45) is 0 Å². The number of fused-ring (bicyclic) bond motifs is 3. The number of nitrogens with zero attached hydrogens (tertiary/aromatic N) is 5. The number of ether oxygens (including phenoxy) is 2. The quantitative estimate of drug-likeness (QED) is 0.173. The van der Waals surface area contributed by atoms with Gasteiger partial charge in [0, 0.05) is 38.8 Å². The summed E-state index contributed by atoms with van der Waals surface area (Å²) in [6, 6.07) is 28.1. The second-order valence-electron chi connectivity index (χ2n) is 14.9. The van der Waals surface area contributed by atoms with E-state index in [0.717, 1.165) is 64.5 Å². The number of aromatic amines is 1. The molecule has 65 heavy (non-hydrogen) atoms. The van der Waals surface area contributed by atoms with E-state index < -0.39 is 0 Å². The standard InChI is InChI=1S/C21H17FN2O2.C13H13BrN2O2.C8H5BrN2O.C8H5F/c22-17-8-5-15(6-9-17)3-4-16-7-10-19-20(12-16)23-14-24(21(19)25)13-18-2-1-11-26-18;14-9-3-4-11-12(6-9)15-8-16(13(11)17)7-10-2-1-5-18-10;9-5-1-2-6-7(3-5)10-4-11-8(6)12;1-2-7-3-5-8(9)6-4-7/h5-10,12,14,18H,1-2,11,13H2;3-4,6,8,10H,1-2,5,7H2;1-4H,(H,10,11,12);1,3-6H. The van der Waals surface area contributed by atoms with Gasteiger partial charge in [0.05, 0.1) is 77.0 Å². The Hall–Kier alpha value is -6.62. The second-order valence-corrected chi connectivity index (χ2v) is 16.7. The molecule has 0 bridgehead atoms. The van der Waals surface area contributed by atoms with Crippen LogP contribution >= 0.6 is 31.9 Å². The number of rotatable bonds is 4. The molecule has 15 heteroatoms. The first-order chi connectivity index (χ1) is 31.5. The lowest BCUT2D eigenvalue weighted by Crippen LogP contribution is -2.26. The van der Waals surface area contributed by atoms with Crippen LogP contribution in [0.15, 0.2) is 145 Å². The van der Waals surface area contributed by atoms with E-state index in [1.807, 2.05) is 24.3 Å². The van der Waals surface area contributed by atoms with Gasteiger partial charge in [-0.1, -0.05) is 49.6 Å². The number of hydrogen-bond donors (Lipinski definition) is 1. The molecule has 2 aliphatic heterocycles. The summed E-state index contributed by atoms with van der Waals surface area (Å²) >= 11 is 6.68. The second kappa shape index (κ2) is 22.3. The number of H-pyrrole nitrogens is 1. The summed E-state index contributed by atoms with van der Waals surface area (Å²) in [7, 11) is 0. The van der Waals surface area contributed by atoms with Crippen molar-refractivity contribution in [1.82, 2.24) is 29.1 Å². The lowest BCUT2D eigenvalue weighted by Gasteiger charge is -2.11. The Kier molecular flexibility index (Phi) is 15.9. The molecule has 10 rings (SSSR count). The van der Waals surface area contributed by atoms with Crippen LogP contribution in [0.4, 0.5) is 8.78 Å². The van der Waals surface area contributed by atoms with Gasteiger partial charge < -0.3 is 14.5 Å². The van der Waals surface area contributed by atoms with Crippen LogP contribution in [0.2, 0.25) is 0 Å². The summed E-state index contributed by atoms with van der Waals surface area (Å²) in [5, 5.41) is 1.83. The van der Waals surface area contributed by atoms with Crippen LogP contribution in [0.1, 0.15) is 42.4 Å². The maximum Gasteiger partial charge on any atom is 0.261 e. The monoisotopic (exact) mass is 1000 g/mol. The average Bonchev–Trinajstić information content (AvgIpc) is 4.04. The highest BCUT2D eigenvalue weighted by Crippen LogP contribution is 2.18.